The highest BCUT2D eigenvalue weighted by atomic mass is 32.1. The Kier molecular flexibility index (Phi) is 5.86. The van der Waals surface area contributed by atoms with E-state index in [1.807, 2.05) is 42.6 Å². The Labute approximate surface area is 183 Å². The normalized spacial score (nSPS) is 12.0. The quantitative estimate of drug-likeness (QED) is 0.313. The van der Waals surface area contributed by atoms with Crippen molar-refractivity contribution in [2.75, 3.05) is 6.54 Å². The van der Waals surface area contributed by atoms with Crippen LogP contribution in [0.4, 0.5) is 0 Å². The molecule has 156 valence electrons. The maximum absolute atomic E-state index is 10.1. The van der Waals surface area contributed by atoms with Crippen LogP contribution < -0.4 is 4.80 Å². The lowest BCUT2D eigenvalue weighted by molar-refractivity contribution is 0.367. The summed E-state index contributed by atoms with van der Waals surface area (Å²) >= 11 is 1.47. The van der Waals surface area contributed by atoms with Gasteiger partial charge in [-0.25, -0.2) is 4.68 Å². The van der Waals surface area contributed by atoms with Crippen molar-refractivity contribution in [1.82, 2.24) is 4.68 Å². The van der Waals surface area contributed by atoms with Gasteiger partial charge in [-0.2, -0.15) is 5.10 Å². The lowest BCUT2D eigenvalue weighted by Crippen LogP contribution is -2.12. The maximum atomic E-state index is 10.1. The summed E-state index contributed by atoms with van der Waals surface area (Å²) in [7, 11) is 0. The molecule has 4 aromatic rings. The first-order valence-corrected chi connectivity index (χ1v) is 10.6. The predicted octanol–water partition coefficient (Wildman–Crippen LogP) is 4.80. The Hall–Kier alpha value is -3.84. The molecule has 6 nitrogen and oxygen atoms in total. The molecule has 31 heavy (non-hydrogen) atoms. The number of nitrogens with zero attached hydrogens (tertiary/aromatic N) is 3. The van der Waals surface area contributed by atoms with E-state index in [0.29, 0.717) is 11.3 Å². The van der Waals surface area contributed by atoms with Crippen LogP contribution in [0.2, 0.25) is 0 Å². The van der Waals surface area contributed by atoms with Gasteiger partial charge in [-0.1, -0.05) is 54.6 Å². The Morgan fingerprint density at radius 2 is 1.52 bits per heavy atom. The van der Waals surface area contributed by atoms with E-state index in [4.69, 9.17) is 0 Å². The molecule has 0 aliphatic rings. The Bertz CT molecular complexity index is 1290. The van der Waals surface area contributed by atoms with Crippen LogP contribution in [0, 0.1) is 0 Å². The van der Waals surface area contributed by atoms with Crippen LogP contribution in [0.15, 0.2) is 82.2 Å². The van der Waals surface area contributed by atoms with Gasteiger partial charge in [-0.3, -0.25) is 4.99 Å². The largest absolute Gasteiger partial charge is 0.504 e. The molecule has 7 heteroatoms. The summed E-state index contributed by atoms with van der Waals surface area (Å²) in [6, 6.07) is 21.2. The van der Waals surface area contributed by atoms with Crippen molar-refractivity contribution in [3.05, 3.63) is 82.5 Å². The first-order valence-electron chi connectivity index (χ1n) is 9.73. The monoisotopic (exact) mass is 431 g/mol. The SMILES string of the molecule is CCN=c1scc(-c2ccc(-c3ccccc3)cc2)n1N=Cc1ccc(O)c(O)c1O. The van der Waals surface area contributed by atoms with Crippen LogP contribution >= 0.6 is 11.3 Å². The molecule has 0 saturated heterocycles. The molecule has 0 radical (unpaired) electrons. The van der Waals surface area contributed by atoms with Crippen molar-refractivity contribution in [2.24, 2.45) is 10.1 Å². The second-order valence-electron chi connectivity index (χ2n) is 6.75. The van der Waals surface area contributed by atoms with E-state index >= 15 is 0 Å². The number of phenolic OH excluding ortho intramolecular Hbond substituents is 3. The molecule has 0 unspecified atom stereocenters. The Morgan fingerprint density at radius 3 is 2.23 bits per heavy atom. The number of benzene rings is 3. The second-order valence-corrected chi connectivity index (χ2v) is 7.59. The number of aromatic hydroxyl groups is 3. The van der Waals surface area contributed by atoms with Crippen molar-refractivity contribution < 1.29 is 15.3 Å². The molecule has 0 amide bonds. The minimum atomic E-state index is -0.575. The summed E-state index contributed by atoms with van der Waals surface area (Å²) in [4.78, 5) is 5.21. The molecule has 1 aromatic heterocycles. The number of hydrogen-bond acceptors (Lipinski definition) is 6. The van der Waals surface area contributed by atoms with E-state index < -0.39 is 17.2 Å². The fourth-order valence-electron chi connectivity index (χ4n) is 3.13. The number of hydrogen-bond donors (Lipinski definition) is 3. The molecule has 0 fully saturated rings. The summed E-state index contributed by atoms with van der Waals surface area (Å²) in [6.45, 7) is 2.56. The van der Waals surface area contributed by atoms with Gasteiger partial charge in [-0.05, 0) is 30.2 Å². The smallest absolute Gasteiger partial charge is 0.206 e. The van der Waals surface area contributed by atoms with Crippen LogP contribution in [0.25, 0.3) is 22.4 Å². The third-order valence-electron chi connectivity index (χ3n) is 4.74. The zero-order valence-corrected chi connectivity index (χ0v) is 17.6. The average molecular weight is 432 g/mol. The fourth-order valence-corrected chi connectivity index (χ4v) is 4.03. The third kappa shape index (κ3) is 4.22. The van der Waals surface area contributed by atoms with Gasteiger partial charge in [0.05, 0.1) is 11.9 Å². The Balaban J connectivity index is 1.74. The van der Waals surface area contributed by atoms with Gasteiger partial charge in [0, 0.05) is 23.1 Å². The number of phenols is 3. The van der Waals surface area contributed by atoms with Gasteiger partial charge < -0.3 is 15.3 Å². The van der Waals surface area contributed by atoms with Gasteiger partial charge in [0.1, 0.15) is 0 Å². The van der Waals surface area contributed by atoms with Crippen LogP contribution in [0.3, 0.4) is 0 Å². The highest BCUT2D eigenvalue weighted by Crippen LogP contribution is 2.36. The summed E-state index contributed by atoms with van der Waals surface area (Å²) in [6.07, 6.45) is 1.43. The standard InChI is InChI=1S/C24H21N3O3S/c1-2-25-24-27(26-14-19-12-13-21(28)23(30)22(19)29)20(15-31-24)18-10-8-17(9-11-18)16-6-4-3-5-7-16/h3-15,28-30H,2H2,1H3. The lowest BCUT2D eigenvalue weighted by Gasteiger charge is -2.07. The number of thiazole rings is 1. The van der Waals surface area contributed by atoms with Gasteiger partial charge in [-0.15, -0.1) is 11.3 Å². The zero-order chi connectivity index (χ0) is 21.8. The van der Waals surface area contributed by atoms with Crippen molar-refractivity contribution in [1.29, 1.82) is 0 Å². The first-order chi connectivity index (χ1) is 15.1. The van der Waals surface area contributed by atoms with Gasteiger partial charge in [0.25, 0.3) is 0 Å². The number of rotatable bonds is 5. The average Bonchev–Trinajstić information content (AvgIpc) is 3.20. The summed E-state index contributed by atoms with van der Waals surface area (Å²) < 4.78 is 1.70. The molecule has 0 aliphatic carbocycles. The molecular weight excluding hydrogens is 410 g/mol. The van der Waals surface area contributed by atoms with Crippen molar-refractivity contribution in [3.8, 4) is 39.6 Å². The van der Waals surface area contributed by atoms with Crippen LogP contribution in [-0.2, 0) is 0 Å². The molecule has 1 heterocycles. The highest BCUT2D eigenvalue weighted by Gasteiger charge is 2.11. The van der Waals surface area contributed by atoms with Crippen molar-refractivity contribution >= 4 is 17.6 Å². The maximum Gasteiger partial charge on any atom is 0.206 e. The van der Waals surface area contributed by atoms with Gasteiger partial charge >= 0.3 is 0 Å². The van der Waals surface area contributed by atoms with E-state index in [-0.39, 0.29) is 5.56 Å². The summed E-state index contributed by atoms with van der Waals surface area (Å²) in [5, 5.41) is 35.8. The van der Waals surface area contributed by atoms with Crippen LogP contribution in [0.5, 0.6) is 17.2 Å². The number of aromatic nitrogens is 1. The molecule has 0 aliphatic heterocycles. The van der Waals surface area contributed by atoms with Crippen LogP contribution in [-0.4, -0.2) is 32.8 Å². The second kappa shape index (κ2) is 8.89. The first kappa shape index (κ1) is 20.4. The molecule has 3 aromatic carbocycles. The lowest BCUT2D eigenvalue weighted by atomic mass is 10.0. The van der Waals surface area contributed by atoms with Crippen LogP contribution in [0.1, 0.15) is 12.5 Å². The van der Waals surface area contributed by atoms with E-state index in [1.165, 1.54) is 29.7 Å². The minimum absolute atomic E-state index is 0.279. The minimum Gasteiger partial charge on any atom is -0.504 e. The molecule has 0 atom stereocenters. The molecule has 0 spiro atoms. The fraction of sp³-hybridized carbons (Fsp3) is 0.0833. The molecule has 4 rings (SSSR count). The predicted molar refractivity (Wildman–Crippen MR) is 124 cm³/mol. The van der Waals surface area contributed by atoms with E-state index in [1.54, 1.807) is 4.68 Å². The molecule has 3 N–H and O–H groups in total. The van der Waals surface area contributed by atoms with Crippen molar-refractivity contribution in [2.45, 2.75) is 6.92 Å². The van der Waals surface area contributed by atoms with E-state index in [9.17, 15) is 15.3 Å². The molecular formula is C24H21N3O3S. The summed E-state index contributed by atoms with van der Waals surface area (Å²) in [5.41, 5.74) is 4.38. The topological polar surface area (TPSA) is 90.3 Å². The molecule has 0 saturated carbocycles. The highest BCUT2D eigenvalue weighted by molar-refractivity contribution is 7.07. The molecule has 0 bridgehead atoms. The van der Waals surface area contributed by atoms with Gasteiger partial charge in [0.15, 0.2) is 11.5 Å². The van der Waals surface area contributed by atoms with Crippen molar-refractivity contribution in [3.63, 3.8) is 0 Å². The van der Waals surface area contributed by atoms with E-state index in [0.717, 1.165) is 22.4 Å². The van der Waals surface area contributed by atoms with E-state index in [2.05, 4.69) is 34.4 Å². The third-order valence-corrected chi connectivity index (χ3v) is 5.59. The zero-order valence-electron chi connectivity index (χ0n) is 16.8. The van der Waals surface area contributed by atoms with Gasteiger partial charge in [0.2, 0.25) is 10.6 Å². The Morgan fingerprint density at radius 1 is 0.839 bits per heavy atom. The summed E-state index contributed by atoms with van der Waals surface area (Å²) in [5.74, 6) is -1.39.